The Labute approximate surface area is 103 Å². The Balaban J connectivity index is 2.79. The Kier molecular flexibility index (Phi) is 3.04. The van der Waals surface area contributed by atoms with Gasteiger partial charge in [-0.3, -0.25) is 0 Å². The summed E-state index contributed by atoms with van der Waals surface area (Å²) in [5.41, 5.74) is 1.40. The SMILES string of the molecule is CC(C)c1cc2c(Cl)cc(F)cc2nc1Cl. The van der Waals surface area contributed by atoms with Gasteiger partial charge in [-0.25, -0.2) is 9.37 Å². The van der Waals surface area contributed by atoms with Crippen LogP contribution in [0.15, 0.2) is 18.2 Å². The summed E-state index contributed by atoms with van der Waals surface area (Å²) in [5.74, 6) is -0.149. The highest BCUT2D eigenvalue weighted by Gasteiger charge is 2.11. The molecule has 0 N–H and O–H groups in total. The van der Waals surface area contributed by atoms with Crippen molar-refractivity contribution in [2.75, 3.05) is 0 Å². The van der Waals surface area contributed by atoms with Crippen LogP contribution in [0.4, 0.5) is 4.39 Å². The molecule has 0 amide bonds. The first-order valence-corrected chi connectivity index (χ1v) is 5.70. The fourth-order valence-electron chi connectivity index (χ4n) is 1.60. The standard InChI is InChI=1S/C12H10Cl2FN/c1-6(2)8-5-9-10(13)3-7(15)4-11(9)16-12(8)14/h3-6H,1-2H3. The molecule has 84 valence electrons. The summed E-state index contributed by atoms with van der Waals surface area (Å²) in [4.78, 5) is 4.16. The molecule has 0 aliphatic heterocycles. The van der Waals surface area contributed by atoms with Crippen molar-refractivity contribution in [1.82, 2.24) is 4.98 Å². The van der Waals surface area contributed by atoms with Crippen LogP contribution in [0, 0.1) is 5.82 Å². The Hall–Kier alpha value is -0.860. The highest BCUT2D eigenvalue weighted by atomic mass is 35.5. The van der Waals surface area contributed by atoms with Crippen LogP contribution in [0.25, 0.3) is 10.9 Å². The van der Waals surface area contributed by atoms with E-state index in [-0.39, 0.29) is 5.92 Å². The van der Waals surface area contributed by atoms with Crippen LogP contribution in [0.1, 0.15) is 25.3 Å². The van der Waals surface area contributed by atoms with Crippen LogP contribution >= 0.6 is 23.2 Å². The quantitative estimate of drug-likeness (QED) is 0.669. The Morgan fingerprint density at radius 1 is 1.19 bits per heavy atom. The number of fused-ring (bicyclic) bond motifs is 1. The van der Waals surface area contributed by atoms with Gasteiger partial charge in [0.25, 0.3) is 0 Å². The molecular formula is C12H10Cl2FN. The lowest BCUT2D eigenvalue weighted by molar-refractivity contribution is 0.629. The zero-order valence-electron chi connectivity index (χ0n) is 8.89. The first-order chi connectivity index (χ1) is 7.49. The average molecular weight is 258 g/mol. The minimum Gasteiger partial charge on any atom is -0.236 e. The molecule has 0 radical (unpaired) electrons. The van der Waals surface area contributed by atoms with E-state index in [0.717, 1.165) is 10.9 Å². The van der Waals surface area contributed by atoms with Crippen LogP contribution in [0.2, 0.25) is 10.2 Å². The van der Waals surface area contributed by atoms with Gasteiger partial charge in [0, 0.05) is 11.5 Å². The van der Waals surface area contributed by atoms with Crippen molar-refractivity contribution >= 4 is 34.1 Å². The highest BCUT2D eigenvalue weighted by molar-refractivity contribution is 6.36. The van der Waals surface area contributed by atoms with Crippen molar-refractivity contribution in [3.05, 3.63) is 39.8 Å². The Bertz CT molecular complexity index is 552. The summed E-state index contributed by atoms with van der Waals surface area (Å²) in [7, 11) is 0. The maximum atomic E-state index is 13.1. The van der Waals surface area contributed by atoms with Gasteiger partial charge < -0.3 is 0 Å². The summed E-state index contributed by atoms with van der Waals surface area (Å²) in [5, 5.41) is 1.50. The van der Waals surface area contributed by atoms with E-state index in [4.69, 9.17) is 23.2 Å². The van der Waals surface area contributed by atoms with E-state index in [9.17, 15) is 4.39 Å². The third-order valence-electron chi connectivity index (χ3n) is 2.45. The maximum absolute atomic E-state index is 13.1. The molecule has 0 saturated heterocycles. The van der Waals surface area contributed by atoms with Crippen molar-refractivity contribution in [2.45, 2.75) is 19.8 Å². The molecule has 0 spiro atoms. The van der Waals surface area contributed by atoms with Gasteiger partial charge in [-0.1, -0.05) is 37.0 Å². The zero-order chi connectivity index (χ0) is 11.9. The van der Waals surface area contributed by atoms with E-state index >= 15 is 0 Å². The molecule has 0 aliphatic rings. The van der Waals surface area contributed by atoms with Gasteiger partial charge in [-0.05, 0) is 23.6 Å². The molecule has 2 aromatic rings. The first-order valence-electron chi connectivity index (χ1n) is 4.94. The summed E-state index contributed by atoms with van der Waals surface area (Å²) < 4.78 is 13.1. The lowest BCUT2D eigenvalue weighted by atomic mass is 10.0. The van der Waals surface area contributed by atoms with E-state index in [1.807, 2.05) is 19.9 Å². The number of hydrogen-bond acceptors (Lipinski definition) is 1. The van der Waals surface area contributed by atoms with Gasteiger partial charge in [0.2, 0.25) is 0 Å². The monoisotopic (exact) mass is 257 g/mol. The van der Waals surface area contributed by atoms with Gasteiger partial charge in [-0.2, -0.15) is 0 Å². The van der Waals surface area contributed by atoms with Crippen LogP contribution in [0.5, 0.6) is 0 Å². The maximum Gasteiger partial charge on any atom is 0.133 e. The fraction of sp³-hybridized carbons (Fsp3) is 0.250. The minimum absolute atomic E-state index is 0.255. The molecule has 0 saturated carbocycles. The number of halogens is 3. The van der Waals surface area contributed by atoms with Crippen LogP contribution in [-0.2, 0) is 0 Å². The van der Waals surface area contributed by atoms with Crippen molar-refractivity contribution in [2.24, 2.45) is 0 Å². The highest BCUT2D eigenvalue weighted by Crippen LogP contribution is 2.30. The van der Waals surface area contributed by atoms with Crippen LogP contribution in [-0.4, -0.2) is 4.98 Å². The summed E-state index contributed by atoms with van der Waals surface area (Å²) in [6.07, 6.45) is 0. The number of rotatable bonds is 1. The predicted molar refractivity (Wildman–Crippen MR) is 65.8 cm³/mol. The first kappa shape index (κ1) is 11.6. The van der Waals surface area contributed by atoms with Gasteiger partial charge in [0.05, 0.1) is 10.5 Å². The lowest BCUT2D eigenvalue weighted by Crippen LogP contribution is -1.93. The number of hydrogen-bond donors (Lipinski definition) is 0. The Morgan fingerprint density at radius 2 is 1.88 bits per heavy atom. The molecule has 16 heavy (non-hydrogen) atoms. The van der Waals surface area contributed by atoms with E-state index in [1.54, 1.807) is 0 Å². The smallest absolute Gasteiger partial charge is 0.133 e. The zero-order valence-corrected chi connectivity index (χ0v) is 10.4. The second-order valence-corrected chi connectivity index (χ2v) is 4.74. The number of nitrogens with zero attached hydrogens (tertiary/aromatic N) is 1. The van der Waals surface area contributed by atoms with Gasteiger partial charge in [0.15, 0.2) is 0 Å². The minimum atomic E-state index is -0.404. The number of aromatic nitrogens is 1. The molecular weight excluding hydrogens is 248 g/mol. The van der Waals surface area contributed by atoms with E-state index in [2.05, 4.69) is 4.98 Å². The van der Waals surface area contributed by atoms with Gasteiger partial charge >= 0.3 is 0 Å². The molecule has 0 unspecified atom stereocenters. The predicted octanol–water partition coefficient (Wildman–Crippen LogP) is 4.80. The number of pyridine rings is 1. The Morgan fingerprint density at radius 3 is 2.50 bits per heavy atom. The lowest BCUT2D eigenvalue weighted by Gasteiger charge is -2.09. The van der Waals surface area contributed by atoms with E-state index in [0.29, 0.717) is 15.7 Å². The van der Waals surface area contributed by atoms with Crippen LogP contribution < -0.4 is 0 Å². The molecule has 1 nitrogen and oxygen atoms in total. The normalized spacial score (nSPS) is 11.4. The molecule has 1 aromatic heterocycles. The third-order valence-corrected chi connectivity index (χ3v) is 3.07. The largest absolute Gasteiger partial charge is 0.236 e. The van der Waals surface area contributed by atoms with E-state index in [1.165, 1.54) is 12.1 Å². The van der Waals surface area contributed by atoms with Gasteiger partial charge in [-0.15, -0.1) is 0 Å². The van der Waals surface area contributed by atoms with Crippen molar-refractivity contribution in [3.8, 4) is 0 Å². The molecule has 0 fully saturated rings. The second kappa shape index (κ2) is 4.19. The summed E-state index contributed by atoms with van der Waals surface area (Å²) in [6, 6.07) is 4.48. The molecule has 0 bridgehead atoms. The van der Waals surface area contributed by atoms with Gasteiger partial charge in [0.1, 0.15) is 11.0 Å². The van der Waals surface area contributed by atoms with Crippen molar-refractivity contribution in [3.63, 3.8) is 0 Å². The molecule has 0 atom stereocenters. The fourth-order valence-corrected chi connectivity index (χ4v) is 2.22. The van der Waals surface area contributed by atoms with Crippen molar-refractivity contribution in [1.29, 1.82) is 0 Å². The molecule has 0 aliphatic carbocycles. The topological polar surface area (TPSA) is 12.9 Å². The van der Waals surface area contributed by atoms with E-state index < -0.39 is 5.82 Å². The van der Waals surface area contributed by atoms with Crippen LogP contribution in [0.3, 0.4) is 0 Å². The average Bonchev–Trinajstić information content (AvgIpc) is 2.15. The second-order valence-electron chi connectivity index (χ2n) is 3.98. The molecule has 1 aromatic carbocycles. The molecule has 1 heterocycles. The summed E-state index contributed by atoms with van der Waals surface area (Å²) >= 11 is 12.0. The summed E-state index contributed by atoms with van der Waals surface area (Å²) in [6.45, 7) is 4.04. The molecule has 4 heteroatoms. The number of benzene rings is 1. The third kappa shape index (κ3) is 2.00. The molecule has 2 rings (SSSR count). The van der Waals surface area contributed by atoms with Crippen molar-refractivity contribution < 1.29 is 4.39 Å².